The second kappa shape index (κ2) is 7.87. The lowest BCUT2D eigenvalue weighted by atomic mass is 10.0. The Kier molecular flexibility index (Phi) is 6.80. The van der Waals surface area contributed by atoms with Crippen LogP contribution in [0.4, 0.5) is 0 Å². The molecule has 2 N–H and O–H groups in total. The Morgan fingerprint density at radius 2 is 1.95 bits per heavy atom. The van der Waals surface area contributed by atoms with Crippen LogP contribution in [0.2, 0.25) is 5.02 Å². The van der Waals surface area contributed by atoms with E-state index in [1.165, 1.54) is 0 Å². The van der Waals surface area contributed by atoms with Crippen LogP contribution < -0.4 is 10.5 Å². The van der Waals surface area contributed by atoms with Gasteiger partial charge in [0.1, 0.15) is 12.4 Å². The van der Waals surface area contributed by atoms with Gasteiger partial charge in [-0.15, -0.1) is 0 Å². The summed E-state index contributed by atoms with van der Waals surface area (Å²) in [5, 5.41) is 0.710. The van der Waals surface area contributed by atoms with Crippen molar-refractivity contribution >= 4 is 11.6 Å². The molecule has 0 aromatic heterocycles. The van der Waals surface area contributed by atoms with Crippen molar-refractivity contribution in [2.45, 2.75) is 52.2 Å². The first kappa shape index (κ1) is 17.3. The third kappa shape index (κ3) is 6.60. The highest BCUT2D eigenvalue weighted by atomic mass is 35.5. The first-order chi connectivity index (χ1) is 9.31. The Balaban J connectivity index is 2.60. The molecule has 0 spiro atoms. The van der Waals surface area contributed by atoms with E-state index >= 15 is 0 Å². The Morgan fingerprint density at radius 3 is 2.55 bits per heavy atom. The molecule has 0 saturated heterocycles. The number of halogens is 1. The van der Waals surface area contributed by atoms with Gasteiger partial charge in [-0.1, -0.05) is 18.5 Å². The van der Waals surface area contributed by atoms with Crippen LogP contribution >= 0.6 is 11.6 Å². The van der Waals surface area contributed by atoms with Gasteiger partial charge in [0, 0.05) is 11.1 Å². The van der Waals surface area contributed by atoms with E-state index in [1.54, 1.807) is 0 Å². The maximum Gasteiger partial charge on any atom is 0.122 e. The molecular weight excluding hydrogens is 274 g/mol. The second-order valence-electron chi connectivity index (χ2n) is 5.93. The predicted molar refractivity (Wildman–Crippen MR) is 84.6 cm³/mol. The first-order valence-corrected chi connectivity index (χ1v) is 7.50. The fourth-order valence-electron chi connectivity index (χ4n) is 1.77. The first-order valence-electron chi connectivity index (χ1n) is 7.12. The van der Waals surface area contributed by atoms with E-state index < -0.39 is 0 Å². The number of rotatable bonds is 7. The Bertz CT molecular complexity index is 415. The van der Waals surface area contributed by atoms with Gasteiger partial charge < -0.3 is 15.2 Å². The summed E-state index contributed by atoms with van der Waals surface area (Å²) in [6.45, 7) is 9.24. The van der Waals surface area contributed by atoms with Crippen LogP contribution in [0.5, 0.6) is 5.75 Å². The molecule has 0 amide bonds. The van der Waals surface area contributed by atoms with Gasteiger partial charge in [0.2, 0.25) is 0 Å². The van der Waals surface area contributed by atoms with Gasteiger partial charge >= 0.3 is 0 Å². The molecule has 0 heterocycles. The second-order valence-corrected chi connectivity index (χ2v) is 6.37. The topological polar surface area (TPSA) is 44.5 Å². The molecule has 20 heavy (non-hydrogen) atoms. The van der Waals surface area contributed by atoms with Gasteiger partial charge in [0.25, 0.3) is 0 Å². The van der Waals surface area contributed by atoms with E-state index in [0.717, 1.165) is 24.2 Å². The van der Waals surface area contributed by atoms with E-state index in [1.807, 2.05) is 39.0 Å². The molecule has 0 aliphatic carbocycles. The maximum absolute atomic E-state index is 6.04. The molecule has 0 fully saturated rings. The van der Waals surface area contributed by atoms with Crippen LogP contribution in [0.25, 0.3) is 0 Å². The molecule has 114 valence electrons. The molecule has 0 saturated carbocycles. The van der Waals surface area contributed by atoms with E-state index in [-0.39, 0.29) is 11.6 Å². The van der Waals surface area contributed by atoms with E-state index in [2.05, 4.69) is 6.92 Å². The molecule has 1 aromatic rings. The lowest BCUT2D eigenvalue weighted by molar-refractivity contribution is -0.0163. The molecule has 1 atom stereocenters. The van der Waals surface area contributed by atoms with Gasteiger partial charge in [0.15, 0.2) is 0 Å². The minimum Gasteiger partial charge on any atom is -0.491 e. The van der Waals surface area contributed by atoms with E-state index in [9.17, 15) is 0 Å². The Labute approximate surface area is 127 Å². The van der Waals surface area contributed by atoms with Crippen LogP contribution in [0.1, 0.15) is 39.7 Å². The van der Waals surface area contributed by atoms with Gasteiger partial charge in [-0.25, -0.2) is 0 Å². The molecule has 4 heteroatoms. The molecule has 1 aromatic carbocycles. The number of nitrogens with two attached hydrogens (primary N) is 1. The number of hydrogen-bond donors (Lipinski definition) is 1. The summed E-state index contributed by atoms with van der Waals surface area (Å²) in [5.41, 5.74) is 6.93. The highest BCUT2D eigenvalue weighted by Gasteiger charge is 2.11. The molecule has 0 aliphatic heterocycles. The molecule has 1 unspecified atom stereocenters. The Morgan fingerprint density at radius 1 is 1.25 bits per heavy atom. The van der Waals surface area contributed by atoms with Crippen molar-refractivity contribution < 1.29 is 9.47 Å². The van der Waals surface area contributed by atoms with Gasteiger partial charge in [0.05, 0.1) is 12.2 Å². The molecule has 0 bridgehead atoms. The number of hydrogen-bond acceptors (Lipinski definition) is 3. The van der Waals surface area contributed by atoms with Crippen molar-refractivity contribution in [1.29, 1.82) is 0 Å². The fourth-order valence-corrected chi connectivity index (χ4v) is 1.97. The van der Waals surface area contributed by atoms with Gasteiger partial charge in [-0.2, -0.15) is 0 Å². The summed E-state index contributed by atoms with van der Waals surface area (Å²) >= 11 is 6.04. The zero-order valence-electron chi connectivity index (χ0n) is 12.9. The zero-order chi connectivity index (χ0) is 15.2. The SMILES string of the molecule is CCC(N)Cc1cc(Cl)ccc1OCCOC(C)(C)C. The molecule has 1 rings (SSSR count). The van der Waals surface area contributed by atoms with Crippen LogP contribution in [0, 0.1) is 0 Å². The van der Waals surface area contributed by atoms with Crippen molar-refractivity contribution in [3.63, 3.8) is 0 Å². The Hall–Kier alpha value is -0.770. The molecular formula is C16H26ClNO2. The lowest BCUT2D eigenvalue weighted by Crippen LogP contribution is -2.23. The predicted octanol–water partition coefficient (Wildman–Crippen LogP) is 3.81. The van der Waals surface area contributed by atoms with E-state index in [0.29, 0.717) is 18.2 Å². The van der Waals surface area contributed by atoms with Crippen LogP contribution in [-0.2, 0) is 11.2 Å². The average molecular weight is 300 g/mol. The fraction of sp³-hybridized carbons (Fsp3) is 0.625. The summed E-state index contributed by atoms with van der Waals surface area (Å²) < 4.78 is 11.4. The summed E-state index contributed by atoms with van der Waals surface area (Å²) in [4.78, 5) is 0. The maximum atomic E-state index is 6.04. The van der Waals surface area contributed by atoms with Crippen LogP contribution in [0.3, 0.4) is 0 Å². The zero-order valence-corrected chi connectivity index (χ0v) is 13.7. The standard InChI is InChI=1S/C16H26ClNO2/c1-5-14(18)11-12-10-13(17)6-7-15(12)19-8-9-20-16(2,3)4/h6-7,10,14H,5,8-9,11,18H2,1-4H3. The van der Waals surface area contributed by atoms with Crippen molar-refractivity contribution in [3.8, 4) is 5.75 Å². The smallest absolute Gasteiger partial charge is 0.122 e. The minimum absolute atomic E-state index is 0.127. The average Bonchev–Trinajstić information content (AvgIpc) is 2.35. The third-order valence-electron chi connectivity index (χ3n) is 2.90. The molecule has 3 nitrogen and oxygen atoms in total. The van der Waals surface area contributed by atoms with Crippen molar-refractivity contribution in [1.82, 2.24) is 0 Å². The monoisotopic (exact) mass is 299 g/mol. The largest absolute Gasteiger partial charge is 0.491 e. The van der Waals surface area contributed by atoms with Crippen molar-refractivity contribution in [2.24, 2.45) is 5.73 Å². The van der Waals surface area contributed by atoms with E-state index in [4.69, 9.17) is 26.8 Å². The third-order valence-corrected chi connectivity index (χ3v) is 3.14. The molecule has 0 radical (unpaired) electrons. The summed E-state index contributed by atoms with van der Waals surface area (Å²) in [5.74, 6) is 0.843. The van der Waals surface area contributed by atoms with Crippen molar-refractivity contribution in [3.05, 3.63) is 28.8 Å². The van der Waals surface area contributed by atoms with Crippen LogP contribution in [-0.4, -0.2) is 24.9 Å². The lowest BCUT2D eigenvalue weighted by Gasteiger charge is -2.20. The number of ether oxygens (including phenoxy) is 2. The summed E-state index contributed by atoms with van der Waals surface area (Å²) in [6, 6.07) is 5.79. The normalized spacial score (nSPS) is 13.3. The minimum atomic E-state index is -0.142. The van der Waals surface area contributed by atoms with Crippen molar-refractivity contribution in [2.75, 3.05) is 13.2 Å². The highest BCUT2D eigenvalue weighted by Crippen LogP contribution is 2.24. The quantitative estimate of drug-likeness (QED) is 0.779. The van der Waals surface area contributed by atoms with Gasteiger partial charge in [-0.3, -0.25) is 0 Å². The number of benzene rings is 1. The summed E-state index contributed by atoms with van der Waals surface area (Å²) in [7, 11) is 0. The highest BCUT2D eigenvalue weighted by molar-refractivity contribution is 6.30. The summed E-state index contributed by atoms with van der Waals surface area (Å²) in [6.07, 6.45) is 1.70. The van der Waals surface area contributed by atoms with Gasteiger partial charge in [-0.05, 0) is 57.4 Å². The molecule has 0 aliphatic rings. The van der Waals surface area contributed by atoms with Crippen LogP contribution in [0.15, 0.2) is 18.2 Å².